The molecule has 5 heteroatoms. The summed E-state index contributed by atoms with van der Waals surface area (Å²) in [5, 5.41) is 7.18. The number of allylic oxidation sites excluding steroid dienone is 8. The molecular formula is C22H42SeSi4. The summed E-state index contributed by atoms with van der Waals surface area (Å²) < 4.78 is 1.86. The average molecular weight is 498 g/mol. The van der Waals surface area contributed by atoms with Crippen LogP contribution in [0.3, 0.4) is 0 Å². The summed E-state index contributed by atoms with van der Waals surface area (Å²) in [5.74, 6) is 0. The van der Waals surface area contributed by atoms with Gasteiger partial charge in [-0.1, -0.05) is 0 Å². The Labute approximate surface area is 179 Å². The molecule has 152 valence electrons. The molecule has 0 aromatic heterocycles. The Kier molecular flexibility index (Phi) is 6.61. The van der Waals surface area contributed by atoms with Crippen LogP contribution in [0.1, 0.15) is 6.42 Å². The van der Waals surface area contributed by atoms with Crippen molar-refractivity contribution in [3.63, 3.8) is 0 Å². The zero-order valence-electron chi connectivity index (χ0n) is 19.9. The fraction of sp³-hybridized carbons (Fsp3) is 0.636. The maximum atomic E-state index is 2.72. The van der Waals surface area contributed by atoms with Crippen molar-refractivity contribution in [3.05, 3.63) is 43.5 Å². The molecule has 0 nitrogen and oxygen atoms in total. The first kappa shape index (κ1) is 23.6. The second-order valence-electron chi connectivity index (χ2n) is 12.4. The predicted octanol–water partition coefficient (Wildman–Crippen LogP) is 7.44. The molecular weight excluding hydrogens is 456 g/mol. The minimum absolute atomic E-state index is 0.584. The molecule has 2 aliphatic carbocycles. The van der Waals surface area contributed by atoms with Gasteiger partial charge in [0.25, 0.3) is 0 Å². The summed E-state index contributed by atoms with van der Waals surface area (Å²) in [6.45, 7) is 30.4. The van der Waals surface area contributed by atoms with Crippen LogP contribution >= 0.6 is 0 Å². The molecule has 0 fully saturated rings. The fourth-order valence-electron chi connectivity index (χ4n) is 3.71. The van der Waals surface area contributed by atoms with Crippen LogP contribution in [0.15, 0.2) is 43.5 Å². The van der Waals surface area contributed by atoms with Gasteiger partial charge in [0.05, 0.1) is 0 Å². The van der Waals surface area contributed by atoms with Crippen LogP contribution in [0.25, 0.3) is 0 Å². The van der Waals surface area contributed by atoms with Gasteiger partial charge in [-0.3, -0.25) is 0 Å². The van der Waals surface area contributed by atoms with Crippen LogP contribution in [-0.2, 0) is 0 Å². The first-order valence-electron chi connectivity index (χ1n) is 10.5. The molecule has 0 saturated heterocycles. The molecule has 0 radical (unpaired) electrons. The molecule has 1 atom stereocenters. The van der Waals surface area contributed by atoms with E-state index in [9.17, 15) is 0 Å². The zero-order valence-corrected chi connectivity index (χ0v) is 25.6. The van der Waals surface area contributed by atoms with Crippen molar-refractivity contribution < 1.29 is 0 Å². The average Bonchev–Trinajstić information content (AvgIpc) is 3.00. The second kappa shape index (κ2) is 7.55. The third-order valence-corrected chi connectivity index (χ3v) is 17.8. The summed E-state index contributed by atoms with van der Waals surface area (Å²) in [6.07, 6.45) is 9.38. The van der Waals surface area contributed by atoms with Crippen molar-refractivity contribution in [3.8, 4) is 0 Å². The van der Waals surface area contributed by atoms with Crippen molar-refractivity contribution in [2.45, 2.75) is 89.8 Å². The molecule has 0 bridgehead atoms. The number of hydrogen-bond acceptors (Lipinski definition) is 0. The van der Waals surface area contributed by atoms with Gasteiger partial charge >= 0.3 is 181 Å². The number of hydrogen-bond donors (Lipinski definition) is 0. The Morgan fingerprint density at radius 3 is 1.67 bits per heavy atom. The van der Waals surface area contributed by atoms with Gasteiger partial charge in [0.2, 0.25) is 0 Å². The summed E-state index contributed by atoms with van der Waals surface area (Å²) in [6, 6.07) is 0. The van der Waals surface area contributed by atoms with Crippen molar-refractivity contribution >= 4 is 47.3 Å². The number of rotatable bonds is 6. The second-order valence-corrected chi connectivity index (χ2v) is 35.4. The van der Waals surface area contributed by atoms with Gasteiger partial charge in [-0.2, -0.15) is 0 Å². The molecule has 27 heavy (non-hydrogen) atoms. The molecule has 0 spiro atoms. The molecule has 2 aliphatic rings. The Bertz CT molecular complexity index is 726. The topological polar surface area (TPSA) is 0 Å². The minimum atomic E-state index is -1.28. The van der Waals surface area contributed by atoms with Crippen LogP contribution in [0.4, 0.5) is 0 Å². The van der Waals surface area contributed by atoms with Crippen molar-refractivity contribution in [2.75, 3.05) is 0 Å². The molecule has 0 aromatic rings. The molecule has 0 heterocycles. The van der Waals surface area contributed by atoms with Gasteiger partial charge in [0, 0.05) is 0 Å². The summed E-state index contributed by atoms with van der Waals surface area (Å²) >= 11 is 0.584. The van der Waals surface area contributed by atoms with E-state index in [0.29, 0.717) is 15.0 Å². The van der Waals surface area contributed by atoms with Gasteiger partial charge < -0.3 is 0 Å². The van der Waals surface area contributed by atoms with E-state index in [2.05, 4.69) is 96.8 Å². The Hall–Kier alpha value is 0.347. The van der Waals surface area contributed by atoms with Gasteiger partial charge in [-0.25, -0.2) is 0 Å². The summed E-state index contributed by atoms with van der Waals surface area (Å²) in [4.78, 5) is 0.738. The fourth-order valence-corrected chi connectivity index (χ4v) is 17.3. The van der Waals surface area contributed by atoms with Crippen molar-refractivity contribution in [1.29, 1.82) is 0 Å². The molecule has 0 saturated carbocycles. The molecule has 0 aromatic carbocycles. The molecule has 0 aliphatic heterocycles. The van der Waals surface area contributed by atoms with Gasteiger partial charge in [-0.15, -0.1) is 0 Å². The first-order chi connectivity index (χ1) is 11.9. The molecule has 2 rings (SSSR count). The predicted molar refractivity (Wildman–Crippen MR) is 139 cm³/mol. The van der Waals surface area contributed by atoms with E-state index >= 15 is 0 Å². The molecule has 0 N–H and O–H groups in total. The van der Waals surface area contributed by atoms with Crippen LogP contribution in [-0.4, -0.2) is 47.3 Å². The third-order valence-electron chi connectivity index (χ3n) is 5.69. The first-order valence-corrected chi connectivity index (χ1v) is 26.3. The van der Waals surface area contributed by atoms with Crippen LogP contribution < -0.4 is 0 Å². The molecule has 0 amide bonds. The van der Waals surface area contributed by atoms with E-state index < -0.39 is 32.3 Å². The van der Waals surface area contributed by atoms with Gasteiger partial charge in [0.1, 0.15) is 0 Å². The third kappa shape index (κ3) is 5.70. The van der Waals surface area contributed by atoms with E-state index in [4.69, 9.17) is 0 Å². The Morgan fingerprint density at radius 2 is 1.26 bits per heavy atom. The van der Waals surface area contributed by atoms with E-state index in [1.807, 2.05) is 20.1 Å². The van der Waals surface area contributed by atoms with Crippen molar-refractivity contribution in [1.82, 2.24) is 0 Å². The SMILES string of the molecule is C[Si](C)(C)C1=CC([Se]C2=C([Si](C)(C)C)C=C([Si](C)(C)C)C2)C([Si](C)(C)C)=C1. The Morgan fingerprint density at radius 1 is 0.704 bits per heavy atom. The van der Waals surface area contributed by atoms with Gasteiger partial charge in [0.15, 0.2) is 0 Å². The summed E-state index contributed by atoms with van der Waals surface area (Å²) in [5.41, 5.74) is 0. The molecule has 1 unspecified atom stereocenters. The zero-order chi connectivity index (χ0) is 21.0. The normalized spacial score (nSPS) is 22.2. The van der Waals surface area contributed by atoms with E-state index in [1.165, 1.54) is 6.42 Å². The van der Waals surface area contributed by atoms with E-state index in [1.54, 1.807) is 5.20 Å². The van der Waals surface area contributed by atoms with Crippen LogP contribution in [0.5, 0.6) is 0 Å². The van der Waals surface area contributed by atoms with Crippen LogP contribution in [0, 0.1) is 0 Å². The quantitative estimate of drug-likeness (QED) is 0.335. The monoisotopic (exact) mass is 498 g/mol. The van der Waals surface area contributed by atoms with Crippen LogP contribution in [0.2, 0.25) is 83.4 Å². The maximum absolute atomic E-state index is 2.72. The summed E-state index contributed by atoms with van der Waals surface area (Å²) in [7, 11) is -4.99. The Balaban J connectivity index is 2.41. The van der Waals surface area contributed by atoms with Gasteiger partial charge in [-0.05, 0) is 0 Å². The van der Waals surface area contributed by atoms with E-state index in [-0.39, 0.29) is 0 Å². The standard InChI is InChI=1S/C22H42SeSi4/c1-24(2,3)17-13-19(21(15-17)26(7,8)9)23-20-14-18(25(4,5)6)16-22(20)27(10,11)12/h13,15-16,19H,14H2,1-12H3. The van der Waals surface area contributed by atoms with Crippen molar-refractivity contribution in [2.24, 2.45) is 0 Å². The van der Waals surface area contributed by atoms with E-state index in [0.717, 1.165) is 4.82 Å².